The van der Waals surface area contributed by atoms with Crippen molar-refractivity contribution in [1.29, 1.82) is 0 Å². The zero-order chi connectivity index (χ0) is 30.7. The summed E-state index contributed by atoms with van der Waals surface area (Å²) in [6.07, 6.45) is 3.21. The Kier molecular flexibility index (Phi) is 8.69. The van der Waals surface area contributed by atoms with E-state index in [0.29, 0.717) is 41.9 Å². The van der Waals surface area contributed by atoms with Gasteiger partial charge in [-0.2, -0.15) is 0 Å². The van der Waals surface area contributed by atoms with Crippen LogP contribution in [0.5, 0.6) is 0 Å². The van der Waals surface area contributed by atoms with Gasteiger partial charge in [0.25, 0.3) is 10.0 Å². The molecule has 8 heteroatoms. The predicted octanol–water partition coefficient (Wildman–Crippen LogP) is 7.96. The Labute approximate surface area is 253 Å². The van der Waals surface area contributed by atoms with Crippen molar-refractivity contribution in [2.75, 3.05) is 10.8 Å². The van der Waals surface area contributed by atoms with Crippen LogP contribution in [0.15, 0.2) is 89.8 Å². The molecule has 222 valence electrons. The molecule has 0 radical (unpaired) electrons. The highest BCUT2D eigenvalue weighted by molar-refractivity contribution is 7.92. The summed E-state index contributed by atoms with van der Waals surface area (Å²) in [5, 5.41) is 10.3. The summed E-state index contributed by atoms with van der Waals surface area (Å²) in [5.74, 6) is -0.193. The van der Waals surface area contributed by atoms with Gasteiger partial charge in [0.05, 0.1) is 32.9 Å². The van der Waals surface area contributed by atoms with Crippen LogP contribution in [0, 0.1) is 13.8 Å². The molecule has 0 fully saturated rings. The van der Waals surface area contributed by atoms with E-state index in [4.69, 9.17) is 4.98 Å². The van der Waals surface area contributed by atoms with E-state index in [9.17, 15) is 18.3 Å². The minimum atomic E-state index is -3.82. The number of carboxylic acid groups (broad SMARTS) is 1. The average Bonchev–Trinajstić information content (AvgIpc) is 3.36. The molecule has 0 aliphatic carbocycles. The highest BCUT2D eigenvalue weighted by Gasteiger charge is 2.26. The van der Waals surface area contributed by atoms with Crippen molar-refractivity contribution in [2.45, 2.75) is 58.3 Å². The van der Waals surface area contributed by atoms with E-state index < -0.39 is 16.0 Å². The van der Waals surface area contributed by atoms with Gasteiger partial charge in [0.15, 0.2) is 0 Å². The molecule has 0 unspecified atom stereocenters. The number of fused-ring (bicyclic) bond motifs is 1. The average molecular weight is 596 g/mol. The SMILES string of the molecule is CCCCc1nc2ccc(N(CCC)S(=O)(=O)c3ccc(C)cc3)cc2n1-c1ccc(-c2ccccc2)c(C(=O)O)c1C. The van der Waals surface area contributed by atoms with E-state index in [0.717, 1.165) is 40.8 Å². The van der Waals surface area contributed by atoms with E-state index in [-0.39, 0.29) is 10.5 Å². The molecule has 5 rings (SSSR count). The molecule has 0 spiro atoms. The van der Waals surface area contributed by atoms with Gasteiger partial charge in [-0.3, -0.25) is 8.87 Å². The number of carbonyl (C=O) groups is 1. The normalized spacial score (nSPS) is 11.6. The molecule has 1 heterocycles. The molecule has 0 atom stereocenters. The Hall–Kier alpha value is -4.43. The fourth-order valence-corrected chi connectivity index (χ4v) is 7.09. The number of sulfonamides is 1. The first kappa shape index (κ1) is 30.0. The summed E-state index contributed by atoms with van der Waals surface area (Å²) < 4.78 is 31.2. The summed E-state index contributed by atoms with van der Waals surface area (Å²) in [6, 6.07) is 25.7. The molecule has 0 bridgehead atoms. The van der Waals surface area contributed by atoms with Crippen LogP contribution < -0.4 is 4.31 Å². The summed E-state index contributed by atoms with van der Waals surface area (Å²) in [7, 11) is -3.82. The van der Waals surface area contributed by atoms with Crippen LogP contribution in [0.2, 0.25) is 0 Å². The lowest BCUT2D eigenvalue weighted by Crippen LogP contribution is -2.31. The smallest absolute Gasteiger partial charge is 0.336 e. The molecule has 4 aromatic carbocycles. The van der Waals surface area contributed by atoms with Gasteiger partial charge in [-0.05, 0) is 79.8 Å². The van der Waals surface area contributed by atoms with Gasteiger partial charge >= 0.3 is 5.97 Å². The van der Waals surface area contributed by atoms with Gasteiger partial charge in [-0.15, -0.1) is 0 Å². The van der Waals surface area contributed by atoms with Crippen molar-refractivity contribution in [3.63, 3.8) is 0 Å². The van der Waals surface area contributed by atoms with E-state index in [1.165, 1.54) is 4.31 Å². The number of anilines is 1. The molecular formula is C35H37N3O4S. The van der Waals surface area contributed by atoms with E-state index >= 15 is 0 Å². The fraction of sp³-hybridized carbons (Fsp3) is 0.257. The van der Waals surface area contributed by atoms with E-state index in [2.05, 4.69) is 6.92 Å². The highest BCUT2D eigenvalue weighted by Crippen LogP contribution is 2.35. The van der Waals surface area contributed by atoms with Gasteiger partial charge in [0.2, 0.25) is 0 Å². The Morgan fingerprint density at radius 1 is 0.907 bits per heavy atom. The second kappa shape index (κ2) is 12.4. The maximum absolute atomic E-state index is 13.9. The first-order valence-corrected chi connectivity index (χ1v) is 16.1. The highest BCUT2D eigenvalue weighted by atomic mass is 32.2. The number of unbranched alkanes of at least 4 members (excludes halogenated alkanes) is 1. The van der Waals surface area contributed by atoms with Crippen LogP contribution in [-0.2, 0) is 16.4 Å². The Morgan fingerprint density at radius 3 is 2.28 bits per heavy atom. The molecule has 0 aliphatic heterocycles. The number of hydrogen-bond acceptors (Lipinski definition) is 4. The van der Waals surface area contributed by atoms with Crippen molar-refractivity contribution in [3.8, 4) is 16.8 Å². The molecular weight excluding hydrogens is 558 g/mol. The topological polar surface area (TPSA) is 92.5 Å². The third kappa shape index (κ3) is 5.79. The summed E-state index contributed by atoms with van der Waals surface area (Å²) in [6.45, 7) is 8.14. The quantitative estimate of drug-likeness (QED) is 0.167. The van der Waals surface area contributed by atoms with Crippen molar-refractivity contribution in [1.82, 2.24) is 9.55 Å². The monoisotopic (exact) mass is 595 g/mol. The first-order valence-electron chi connectivity index (χ1n) is 14.7. The standard InChI is InChI=1S/C35H37N3O4S/c1-5-7-13-33-36-30-20-16-27(37(22-6-2)43(41,42)28-17-14-24(3)15-18-28)23-32(30)38(33)31-21-19-29(26-11-9-8-10-12-26)34(25(31)4)35(39)40/h8-12,14-21,23H,5-7,13,22H2,1-4H3,(H,39,40). The van der Waals surface area contributed by atoms with E-state index in [1.807, 2.05) is 79.9 Å². The van der Waals surface area contributed by atoms with Crippen LogP contribution in [0.1, 0.15) is 60.4 Å². The number of aryl methyl sites for hydroxylation is 2. The number of imidazole rings is 1. The van der Waals surface area contributed by atoms with Crippen LogP contribution in [0.25, 0.3) is 27.8 Å². The number of aromatic nitrogens is 2. The Bertz CT molecular complexity index is 1880. The zero-order valence-electron chi connectivity index (χ0n) is 25.0. The van der Waals surface area contributed by atoms with Crippen LogP contribution in [-0.4, -0.2) is 35.6 Å². The van der Waals surface area contributed by atoms with Gasteiger partial charge in [0, 0.05) is 13.0 Å². The van der Waals surface area contributed by atoms with E-state index in [1.54, 1.807) is 30.3 Å². The molecule has 7 nitrogen and oxygen atoms in total. The van der Waals surface area contributed by atoms with Crippen LogP contribution >= 0.6 is 0 Å². The third-order valence-electron chi connectivity index (χ3n) is 7.76. The second-order valence-electron chi connectivity index (χ2n) is 10.8. The maximum Gasteiger partial charge on any atom is 0.336 e. The predicted molar refractivity (Wildman–Crippen MR) is 173 cm³/mol. The molecule has 0 amide bonds. The van der Waals surface area contributed by atoms with Crippen molar-refractivity contribution in [2.24, 2.45) is 0 Å². The minimum Gasteiger partial charge on any atom is -0.478 e. The lowest BCUT2D eigenvalue weighted by Gasteiger charge is -2.24. The lowest BCUT2D eigenvalue weighted by atomic mass is 9.94. The van der Waals surface area contributed by atoms with Crippen LogP contribution in [0.4, 0.5) is 5.69 Å². The van der Waals surface area contributed by atoms with Crippen molar-refractivity contribution in [3.05, 3.63) is 107 Å². The number of aromatic carboxylic acids is 1. The van der Waals surface area contributed by atoms with Crippen molar-refractivity contribution < 1.29 is 18.3 Å². The third-order valence-corrected chi connectivity index (χ3v) is 9.60. The molecule has 43 heavy (non-hydrogen) atoms. The largest absolute Gasteiger partial charge is 0.478 e. The van der Waals surface area contributed by atoms with Crippen molar-refractivity contribution >= 4 is 32.7 Å². The summed E-state index contributed by atoms with van der Waals surface area (Å²) >= 11 is 0. The number of carboxylic acids is 1. The number of benzene rings is 4. The number of nitrogens with zero attached hydrogens (tertiary/aromatic N) is 3. The van der Waals surface area contributed by atoms with Gasteiger partial charge in [-0.1, -0.05) is 74.4 Å². The van der Waals surface area contributed by atoms with Gasteiger partial charge in [-0.25, -0.2) is 18.2 Å². The van der Waals surface area contributed by atoms with Gasteiger partial charge < -0.3 is 5.11 Å². The minimum absolute atomic E-state index is 0.234. The Morgan fingerprint density at radius 2 is 1.63 bits per heavy atom. The zero-order valence-corrected chi connectivity index (χ0v) is 25.9. The maximum atomic E-state index is 13.9. The fourth-order valence-electron chi connectivity index (χ4n) is 5.55. The molecule has 1 aromatic heterocycles. The van der Waals surface area contributed by atoms with Crippen LogP contribution in [0.3, 0.4) is 0 Å². The molecule has 1 N–H and O–H groups in total. The molecule has 0 saturated heterocycles. The summed E-state index contributed by atoms with van der Waals surface area (Å²) in [4.78, 5) is 17.8. The first-order chi connectivity index (χ1) is 20.7. The second-order valence-corrected chi connectivity index (χ2v) is 12.7. The lowest BCUT2D eigenvalue weighted by molar-refractivity contribution is 0.0697. The number of rotatable bonds is 11. The molecule has 0 aliphatic rings. The molecule has 0 saturated carbocycles. The van der Waals surface area contributed by atoms with Gasteiger partial charge in [0.1, 0.15) is 5.82 Å². The number of hydrogen-bond donors (Lipinski definition) is 1. The molecule has 5 aromatic rings. The summed E-state index contributed by atoms with van der Waals surface area (Å²) in [5.41, 5.74) is 6.02. The Balaban J connectivity index is 1.73.